The van der Waals surface area contributed by atoms with E-state index < -0.39 is 74.4 Å². The number of fused-ring (bicyclic) bond motifs is 3. The summed E-state index contributed by atoms with van der Waals surface area (Å²) >= 11 is 6.40. The molecule has 2 saturated carbocycles. The number of halogens is 2. The number of aromatic nitrogens is 1. The highest BCUT2D eigenvalue weighted by atomic mass is 35.5. The Labute approximate surface area is 299 Å². The molecule has 2 aliphatic carbocycles. The van der Waals surface area contributed by atoms with Gasteiger partial charge in [-0.15, -0.1) is 0 Å². The van der Waals surface area contributed by atoms with Gasteiger partial charge in [0.05, 0.1) is 18.7 Å². The largest absolute Gasteiger partial charge is 0.495 e. The van der Waals surface area contributed by atoms with Crippen molar-refractivity contribution in [3.8, 4) is 11.6 Å². The Hall–Kier alpha value is -4.18. The van der Waals surface area contributed by atoms with Crippen LogP contribution in [0.3, 0.4) is 0 Å². The lowest BCUT2D eigenvalue weighted by molar-refractivity contribution is -0.142. The van der Waals surface area contributed by atoms with Crippen molar-refractivity contribution >= 4 is 56.2 Å². The molecule has 14 nitrogen and oxygen atoms in total. The average Bonchev–Trinajstić information content (AvgIpc) is 3.95. The number of carboxylic acid groups (broad SMARTS) is 1. The van der Waals surface area contributed by atoms with E-state index in [9.17, 15) is 37.1 Å². The van der Waals surface area contributed by atoms with Gasteiger partial charge in [0.25, 0.3) is 15.9 Å². The maximum absolute atomic E-state index is 14.7. The van der Waals surface area contributed by atoms with Crippen molar-refractivity contribution in [2.45, 2.75) is 87.5 Å². The zero-order valence-corrected chi connectivity index (χ0v) is 29.9. The second kappa shape index (κ2) is 13.7. The van der Waals surface area contributed by atoms with E-state index in [2.05, 4.69) is 15.6 Å². The van der Waals surface area contributed by atoms with Crippen molar-refractivity contribution in [3.05, 3.63) is 41.6 Å². The number of benzene rings is 1. The number of rotatable bonds is 7. The smallest absolute Gasteiger partial charge is 0.405 e. The van der Waals surface area contributed by atoms with Gasteiger partial charge in [0.1, 0.15) is 29.5 Å². The van der Waals surface area contributed by atoms with Crippen LogP contribution < -0.4 is 24.8 Å². The van der Waals surface area contributed by atoms with E-state index in [1.54, 1.807) is 31.2 Å². The van der Waals surface area contributed by atoms with Crippen LogP contribution in [0.1, 0.15) is 58.8 Å². The minimum absolute atomic E-state index is 0.0520. The second-order valence-corrected chi connectivity index (χ2v) is 16.5. The molecule has 0 radical (unpaired) electrons. The zero-order valence-electron chi connectivity index (χ0n) is 28.4. The number of carbonyl (C=O) groups excluding carboxylic acids is 3. The van der Waals surface area contributed by atoms with E-state index in [4.69, 9.17) is 21.1 Å². The van der Waals surface area contributed by atoms with Crippen molar-refractivity contribution in [1.29, 1.82) is 0 Å². The number of carbonyl (C=O) groups is 4. The highest BCUT2D eigenvalue weighted by Gasteiger charge is 2.64. The summed E-state index contributed by atoms with van der Waals surface area (Å²) in [5.74, 6) is -2.86. The molecule has 3 fully saturated rings. The van der Waals surface area contributed by atoms with Gasteiger partial charge in [0.15, 0.2) is 0 Å². The Kier molecular flexibility index (Phi) is 9.87. The number of ether oxygens (including phenoxy) is 2. The van der Waals surface area contributed by atoms with Crippen LogP contribution in [0.5, 0.6) is 11.6 Å². The van der Waals surface area contributed by atoms with Gasteiger partial charge in [0, 0.05) is 36.8 Å². The van der Waals surface area contributed by atoms with E-state index >= 15 is 0 Å². The Balaban J connectivity index is 1.34. The average molecular weight is 750 g/mol. The summed E-state index contributed by atoms with van der Waals surface area (Å²) < 4.78 is 53.6. The van der Waals surface area contributed by atoms with Crippen LogP contribution in [-0.2, 0) is 24.4 Å². The topological polar surface area (TPSA) is 193 Å². The molecule has 0 bridgehead atoms. The van der Waals surface area contributed by atoms with Crippen molar-refractivity contribution in [3.63, 3.8) is 0 Å². The molecule has 1 aromatic heterocycles. The Morgan fingerprint density at radius 3 is 2.63 bits per heavy atom. The Bertz CT molecular complexity index is 1890. The van der Waals surface area contributed by atoms with Gasteiger partial charge in [-0.1, -0.05) is 37.6 Å². The summed E-state index contributed by atoms with van der Waals surface area (Å²) in [6.07, 6.45) is 4.14. The molecular formula is C34H41ClFN5O9S. The molecule has 6 rings (SSSR count). The first-order chi connectivity index (χ1) is 24.1. The molecule has 1 aromatic carbocycles. The molecule has 1 saturated heterocycles. The minimum Gasteiger partial charge on any atom is -0.495 e. The van der Waals surface area contributed by atoms with Crippen LogP contribution >= 0.6 is 11.6 Å². The fraction of sp³-hybridized carbons (Fsp3) is 0.559. The molecule has 0 spiro atoms. The van der Waals surface area contributed by atoms with Gasteiger partial charge < -0.3 is 30.1 Å². The lowest BCUT2D eigenvalue weighted by atomic mass is 9.88. The Morgan fingerprint density at radius 1 is 1.20 bits per heavy atom. The van der Waals surface area contributed by atoms with E-state index in [-0.39, 0.29) is 44.0 Å². The molecular weight excluding hydrogens is 709 g/mol. The normalized spacial score (nSPS) is 31.2. The molecule has 4 amide bonds. The molecule has 51 heavy (non-hydrogen) atoms. The summed E-state index contributed by atoms with van der Waals surface area (Å²) in [7, 11) is -3.19. The maximum Gasteiger partial charge on any atom is 0.405 e. The number of allylic oxidation sites excluding steroid dienone is 1. The zero-order chi connectivity index (χ0) is 36.9. The summed E-state index contributed by atoms with van der Waals surface area (Å²) in [6, 6.07) is 2.61. The van der Waals surface area contributed by atoms with Gasteiger partial charge in [-0.25, -0.2) is 27.3 Å². The van der Waals surface area contributed by atoms with Crippen LogP contribution in [0, 0.1) is 17.8 Å². The van der Waals surface area contributed by atoms with Crippen LogP contribution in [0.25, 0.3) is 10.8 Å². The molecule has 0 unspecified atom stereocenters. The third kappa shape index (κ3) is 7.30. The number of hydrogen-bond acceptors (Lipinski definition) is 9. The van der Waals surface area contributed by atoms with Crippen molar-refractivity contribution < 1.29 is 46.6 Å². The standard InChI is InChI=1S/C34H41ClFN5O9S/c1-18-6-4-5-7-21-16-34(21,31(44)40-51(47,48)33(36)9-10-33)39-28(42)25-14-22(17-41(25)30(43)27(19(2)12-18)38-32(45)46)50-29-23-15-24(35)26(49-3)13-20(23)8-11-37-29/h5,7-8,11,13,15,18-19,21-22,25,27,38H,4,6,9-10,12,14,16-17H2,1-3H3,(H,39,42)(H,40,44)(H,45,46)/b7-5-/t18-,19+,21+,22+,25-,27-,34+/m0/s1. The van der Waals surface area contributed by atoms with Crippen molar-refractivity contribution in [1.82, 2.24) is 25.2 Å². The summed E-state index contributed by atoms with van der Waals surface area (Å²) in [5.41, 5.74) is -1.72. The van der Waals surface area contributed by atoms with E-state index in [0.717, 1.165) is 0 Å². The fourth-order valence-electron chi connectivity index (χ4n) is 7.18. The van der Waals surface area contributed by atoms with Crippen LogP contribution in [0.2, 0.25) is 5.02 Å². The molecule has 3 heterocycles. The number of alkyl halides is 1. The predicted molar refractivity (Wildman–Crippen MR) is 183 cm³/mol. The quantitative estimate of drug-likeness (QED) is 0.304. The van der Waals surface area contributed by atoms with Crippen LogP contribution in [0.4, 0.5) is 9.18 Å². The monoisotopic (exact) mass is 749 g/mol. The van der Waals surface area contributed by atoms with Gasteiger partial charge >= 0.3 is 6.09 Å². The first-order valence-corrected chi connectivity index (χ1v) is 18.8. The summed E-state index contributed by atoms with van der Waals surface area (Å²) in [5, 5.41) is 13.8. The minimum atomic E-state index is -4.67. The molecule has 2 aromatic rings. The number of nitrogens with zero attached hydrogens (tertiary/aromatic N) is 2. The molecule has 17 heteroatoms. The van der Waals surface area contributed by atoms with Crippen LogP contribution in [0.15, 0.2) is 36.5 Å². The molecule has 4 aliphatic rings. The number of pyridine rings is 1. The summed E-state index contributed by atoms with van der Waals surface area (Å²) in [6.45, 7) is 3.62. The maximum atomic E-state index is 14.7. The highest BCUT2D eigenvalue weighted by molar-refractivity contribution is 7.91. The second-order valence-electron chi connectivity index (χ2n) is 14.1. The lowest BCUT2D eigenvalue weighted by Gasteiger charge is -2.32. The summed E-state index contributed by atoms with van der Waals surface area (Å²) in [4.78, 5) is 59.7. The van der Waals surface area contributed by atoms with Crippen LogP contribution in [-0.4, -0.2) is 89.6 Å². The molecule has 2 aliphatic heterocycles. The number of sulfonamides is 1. The van der Waals surface area contributed by atoms with Gasteiger partial charge in [-0.3, -0.25) is 14.4 Å². The fourth-order valence-corrected chi connectivity index (χ4v) is 8.67. The Morgan fingerprint density at radius 2 is 1.94 bits per heavy atom. The van der Waals surface area contributed by atoms with Gasteiger partial charge in [-0.05, 0) is 61.1 Å². The van der Waals surface area contributed by atoms with Crippen molar-refractivity contribution in [2.75, 3.05) is 13.7 Å². The van der Waals surface area contributed by atoms with Gasteiger partial charge in [-0.2, -0.15) is 0 Å². The highest BCUT2D eigenvalue weighted by Crippen LogP contribution is 2.48. The van der Waals surface area contributed by atoms with E-state index in [1.165, 1.54) is 18.2 Å². The number of nitrogens with one attached hydrogen (secondary N) is 3. The lowest BCUT2D eigenvalue weighted by Crippen LogP contribution is -2.59. The molecule has 7 atom stereocenters. The number of amides is 4. The van der Waals surface area contributed by atoms with E-state index in [0.29, 0.717) is 40.8 Å². The first-order valence-electron chi connectivity index (χ1n) is 16.9. The van der Waals surface area contributed by atoms with Crippen molar-refractivity contribution in [2.24, 2.45) is 17.8 Å². The van der Waals surface area contributed by atoms with E-state index in [1.807, 2.05) is 17.7 Å². The number of hydrogen-bond donors (Lipinski definition) is 4. The molecule has 4 N–H and O–H groups in total. The predicted octanol–water partition coefficient (Wildman–Crippen LogP) is 3.67. The SMILES string of the molecule is COc1cc2ccnc(O[C@@H]3C[C@H]4C(=O)N[C@]5(C(=O)NS(=O)(=O)C6(F)CC6)C[C@H]5/C=C\CC[C@H](C)C[C@@H](C)[C@H](NC(=O)O)C(=O)N4C3)c2cc1Cl. The number of methoxy groups -OCH3 is 1. The third-order valence-electron chi connectivity index (χ3n) is 10.3. The van der Waals surface area contributed by atoms with Gasteiger partial charge in [0.2, 0.25) is 22.7 Å². The third-order valence-corrected chi connectivity index (χ3v) is 12.4. The molecule has 276 valence electrons. The first kappa shape index (κ1) is 36.6.